The van der Waals surface area contributed by atoms with E-state index in [0.717, 1.165) is 11.2 Å². The third-order valence-corrected chi connectivity index (χ3v) is 2.82. The number of hydrogen-bond acceptors (Lipinski definition) is 5. The molecule has 0 aliphatic rings. The second-order valence-corrected chi connectivity index (χ2v) is 4.04. The molecule has 0 aliphatic heterocycles. The van der Waals surface area contributed by atoms with Crippen LogP contribution in [0, 0.1) is 0 Å². The molecule has 3 rings (SSSR count). The van der Waals surface area contributed by atoms with Gasteiger partial charge in [0, 0.05) is 19.0 Å². The van der Waals surface area contributed by atoms with E-state index in [4.69, 9.17) is 0 Å². The molecule has 0 radical (unpaired) electrons. The van der Waals surface area contributed by atoms with Crippen LogP contribution in [0.1, 0.15) is 11.5 Å². The summed E-state index contributed by atoms with van der Waals surface area (Å²) in [7, 11) is 1.95. The fourth-order valence-electron chi connectivity index (χ4n) is 1.98. The molecule has 0 spiro atoms. The van der Waals surface area contributed by atoms with Gasteiger partial charge in [0.2, 0.25) is 6.39 Å². The normalized spacial score (nSPS) is 11.2. The largest absolute Gasteiger partial charge is 0.343 e. The van der Waals surface area contributed by atoms with Gasteiger partial charge >= 0.3 is 0 Å². The Morgan fingerprint density at radius 2 is 2.17 bits per heavy atom. The summed E-state index contributed by atoms with van der Waals surface area (Å²) in [6, 6.07) is 8.17. The van der Waals surface area contributed by atoms with Crippen LogP contribution in [0.15, 0.2) is 35.2 Å². The lowest BCUT2D eigenvalue weighted by Gasteiger charge is -1.98. The van der Waals surface area contributed by atoms with Crippen molar-refractivity contribution in [2.45, 2.75) is 13.1 Å². The van der Waals surface area contributed by atoms with Crippen LogP contribution in [-0.4, -0.2) is 19.9 Å². The molecule has 92 valence electrons. The van der Waals surface area contributed by atoms with Crippen molar-refractivity contribution in [3.8, 4) is 0 Å². The van der Waals surface area contributed by atoms with Crippen molar-refractivity contribution in [3.63, 3.8) is 0 Å². The van der Waals surface area contributed by atoms with Gasteiger partial charge in [-0.25, -0.2) is 0 Å². The van der Waals surface area contributed by atoms with E-state index >= 15 is 0 Å². The maximum atomic E-state index is 4.67. The lowest BCUT2D eigenvalue weighted by Crippen LogP contribution is -2.14. The van der Waals surface area contributed by atoms with Gasteiger partial charge in [-0.05, 0) is 6.07 Å². The summed E-state index contributed by atoms with van der Waals surface area (Å²) in [4.78, 5) is 3.95. The highest BCUT2D eigenvalue weighted by Gasteiger charge is 2.07. The van der Waals surface area contributed by atoms with Crippen LogP contribution in [0.4, 0.5) is 0 Å². The highest BCUT2D eigenvalue weighted by atomic mass is 16.5. The summed E-state index contributed by atoms with van der Waals surface area (Å²) >= 11 is 0. The number of aromatic nitrogens is 4. The van der Waals surface area contributed by atoms with Crippen LogP contribution in [0.3, 0.4) is 0 Å². The van der Waals surface area contributed by atoms with E-state index in [9.17, 15) is 0 Å². The van der Waals surface area contributed by atoms with Crippen molar-refractivity contribution < 1.29 is 4.52 Å². The Hall–Kier alpha value is -2.21. The molecule has 1 N–H and O–H groups in total. The summed E-state index contributed by atoms with van der Waals surface area (Å²) in [6.45, 7) is 1.25. The molecule has 0 bridgehead atoms. The third-order valence-electron chi connectivity index (χ3n) is 2.82. The molecule has 0 unspecified atom stereocenters. The Kier molecular flexibility index (Phi) is 2.77. The van der Waals surface area contributed by atoms with Gasteiger partial charge in [0.15, 0.2) is 5.82 Å². The first kappa shape index (κ1) is 10.9. The van der Waals surface area contributed by atoms with Gasteiger partial charge in [-0.15, -0.1) is 0 Å². The van der Waals surface area contributed by atoms with Gasteiger partial charge in [-0.2, -0.15) is 10.1 Å². The summed E-state index contributed by atoms with van der Waals surface area (Å²) in [5, 5.41) is 12.7. The van der Waals surface area contributed by atoms with Crippen LogP contribution in [0.2, 0.25) is 0 Å². The van der Waals surface area contributed by atoms with Crippen molar-refractivity contribution >= 4 is 10.9 Å². The number of aryl methyl sites for hydroxylation is 1. The van der Waals surface area contributed by atoms with E-state index in [1.807, 2.05) is 23.9 Å². The van der Waals surface area contributed by atoms with E-state index in [0.29, 0.717) is 18.9 Å². The van der Waals surface area contributed by atoms with Gasteiger partial charge in [-0.1, -0.05) is 23.4 Å². The lowest BCUT2D eigenvalue weighted by atomic mass is 10.2. The van der Waals surface area contributed by atoms with Crippen LogP contribution >= 0.6 is 0 Å². The summed E-state index contributed by atoms with van der Waals surface area (Å²) in [6.07, 6.45) is 1.33. The van der Waals surface area contributed by atoms with Crippen LogP contribution in [0.25, 0.3) is 10.9 Å². The first-order valence-electron chi connectivity index (χ1n) is 5.71. The Morgan fingerprint density at radius 3 is 3.00 bits per heavy atom. The van der Waals surface area contributed by atoms with Gasteiger partial charge in [0.25, 0.3) is 0 Å². The Labute approximate surface area is 104 Å². The molecule has 3 aromatic rings. The van der Waals surface area contributed by atoms with Crippen molar-refractivity contribution in [2.75, 3.05) is 0 Å². The number of para-hydroxylation sites is 1. The van der Waals surface area contributed by atoms with Crippen molar-refractivity contribution in [2.24, 2.45) is 7.05 Å². The minimum Gasteiger partial charge on any atom is -0.343 e. The molecule has 2 aromatic heterocycles. The van der Waals surface area contributed by atoms with E-state index < -0.39 is 0 Å². The molecule has 18 heavy (non-hydrogen) atoms. The molecule has 0 atom stereocenters. The molecule has 1 aromatic carbocycles. The van der Waals surface area contributed by atoms with Crippen molar-refractivity contribution in [3.05, 3.63) is 42.2 Å². The molecule has 0 saturated carbocycles. The molecule has 0 aliphatic carbocycles. The first-order chi connectivity index (χ1) is 8.84. The number of rotatable bonds is 4. The minimum atomic E-state index is 0.571. The van der Waals surface area contributed by atoms with Gasteiger partial charge in [0.1, 0.15) is 0 Å². The van der Waals surface area contributed by atoms with E-state index in [-0.39, 0.29) is 0 Å². The highest BCUT2D eigenvalue weighted by Crippen LogP contribution is 2.16. The topological polar surface area (TPSA) is 68.8 Å². The third kappa shape index (κ3) is 1.98. The molecule has 0 fully saturated rings. The number of benzene rings is 1. The zero-order chi connectivity index (χ0) is 12.4. The summed E-state index contributed by atoms with van der Waals surface area (Å²) < 4.78 is 6.56. The second-order valence-electron chi connectivity index (χ2n) is 4.04. The Balaban J connectivity index is 1.75. The molecule has 2 heterocycles. The Morgan fingerprint density at radius 1 is 1.28 bits per heavy atom. The van der Waals surface area contributed by atoms with Crippen LogP contribution < -0.4 is 5.32 Å². The minimum absolute atomic E-state index is 0.571. The van der Waals surface area contributed by atoms with Crippen LogP contribution in [-0.2, 0) is 20.1 Å². The smallest absolute Gasteiger partial charge is 0.213 e. The summed E-state index contributed by atoms with van der Waals surface area (Å²) in [5.74, 6) is 0.648. The SMILES string of the molecule is Cn1nc(CNCc2ncon2)c2ccccc21. The van der Waals surface area contributed by atoms with Gasteiger partial charge in [0.05, 0.1) is 17.8 Å². The predicted molar refractivity (Wildman–Crippen MR) is 65.6 cm³/mol. The Bertz CT molecular complexity index is 644. The average molecular weight is 243 g/mol. The number of nitrogens with one attached hydrogen (secondary N) is 1. The molecule has 6 heteroatoms. The standard InChI is InChI=1S/C12H13N5O/c1-17-11-5-3-2-4-9(11)10(15-17)6-13-7-12-14-8-18-16-12/h2-5,8,13H,6-7H2,1H3. The fourth-order valence-corrected chi connectivity index (χ4v) is 1.98. The predicted octanol–water partition coefficient (Wildman–Crippen LogP) is 1.25. The molecule has 6 nitrogen and oxygen atoms in total. The molecule has 0 amide bonds. The second kappa shape index (κ2) is 4.58. The first-order valence-corrected chi connectivity index (χ1v) is 5.71. The quantitative estimate of drug-likeness (QED) is 0.746. The lowest BCUT2D eigenvalue weighted by molar-refractivity contribution is 0.407. The molecular formula is C12H13N5O. The van der Waals surface area contributed by atoms with Crippen LogP contribution in [0.5, 0.6) is 0 Å². The maximum Gasteiger partial charge on any atom is 0.213 e. The van der Waals surface area contributed by atoms with Crippen molar-refractivity contribution in [1.29, 1.82) is 0 Å². The summed E-state index contributed by atoms with van der Waals surface area (Å²) in [5.41, 5.74) is 2.16. The van der Waals surface area contributed by atoms with Gasteiger partial charge < -0.3 is 9.84 Å². The zero-order valence-electron chi connectivity index (χ0n) is 10.00. The van der Waals surface area contributed by atoms with Crippen molar-refractivity contribution in [1.82, 2.24) is 25.2 Å². The van der Waals surface area contributed by atoms with E-state index in [2.05, 4.69) is 37.2 Å². The average Bonchev–Trinajstić information content (AvgIpc) is 3.00. The fraction of sp³-hybridized carbons (Fsp3) is 0.250. The monoisotopic (exact) mass is 243 g/mol. The van der Waals surface area contributed by atoms with E-state index in [1.54, 1.807) is 0 Å². The van der Waals surface area contributed by atoms with Gasteiger partial charge in [-0.3, -0.25) is 4.68 Å². The maximum absolute atomic E-state index is 4.67. The number of nitrogens with zero attached hydrogens (tertiary/aromatic N) is 4. The number of fused-ring (bicyclic) bond motifs is 1. The highest BCUT2D eigenvalue weighted by molar-refractivity contribution is 5.81. The number of hydrogen-bond donors (Lipinski definition) is 1. The zero-order valence-corrected chi connectivity index (χ0v) is 10.00. The molecular weight excluding hydrogens is 230 g/mol. The molecule has 0 saturated heterocycles. The van der Waals surface area contributed by atoms with E-state index in [1.165, 1.54) is 11.8 Å².